The van der Waals surface area contributed by atoms with Crippen molar-refractivity contribution >= 4 is 34.4 Å². The molecule has 7 nitrogen and oxygen atoms in total. The smallest absolute Gasteiger partial charge is 0.302 e. The van der Waals surface area contributed by atoms with E-state index < -0.39 is 17.7 Å². The molecular formula is C27H23N3O4. The number of nitrogens with zero attached hydrogens (tertiary/aromatic N) is 2. The van der Waals surface area contributed by atoms with Gasteiger partial charge in [-0.15, -0.1) is 0 Å². The minimum absolute atomic E-state index is 0.00709. The highest BCUT2D eigenvalue weighted by Crippen LogP contribution is 2.42. The van der Waals surface area contributed by atoms with Crippen LogP contribution in [0.15, 0.2) is 64.8 Å². The largest absolute Gasteiger partial charge is 0.507 e. The maximum atomic E-state index is 13.3. The fourth-order valence-electron chi connectivity index (χ4n) is 5.03. The molecule has 1 aliphatic heterocycles. The van der Waals surface area contributed by atoms with Crippen molar-refractivity contribution in [3.63, 3.8) is 0 Å². The number of aliphatic hydroxyl groups is 1. The molecule has 0 saturated carbocycles. The summed E-state index contributed by atoms with van der Waals surface area (Å²) in [5, 5.41) is 11.3. The Bertz CT molecular complexity index is 1480. The summed E-state index contributed by atoms with van der Waals surface area (Å²) in [7, 11) is 0. The molecule has 2 aliphatic rings. The van der Waals surface area contributed by atoms with Crippen LogP contribution in [0.4, 0.5) is 5.95 Å². The van der Waals surface area contributed by atoms with Crippen LogP contribution in [-0.2, 0) is 22.4 Å². The number of carbonyl (C=O) groups excluding carboxylic acids is 2. The van der Waals surface area contributed by atoms with E-state index >= 15 is 0 Å². The first-order chi connectivity index (χ1) is 16.5. The van der Waals surface area contributed by atoms with Crippen LogP contribution in [0, 0.1) is 6.92 Å². The van der Waals surface area contributed by atoms with Gasteiger partial charge in [-0.25, -0.2) is 4.98 Å². The van der Waals surface area contributed by atoms with E-state index in [1.165, 1.54) is 22.3 Å². The van der Waals surface area contributed by atoms with Gasteiger partial charge in [0.05, 0.1) is 22.9 Å². The van der Waals surface area contributed by atoms with Gasteiger partial charge >= 0.3 is 5.91 Å². The van der Waals surface area contributed by atoms with Crippen molar-refractivity contribution in [2.24, 2.45) is 0 Å². The van der Waals surface area contributed by atoms with Gasteiger partial charge in [0, 0.05) is 5.56 Å². The molecule has 7 heteroatoms. The number of hydrogen-bond acceptors (Lipinski definition) is 5. The number of aromatic amines is 1. The molecule has 0 radical (unpaired) electrons. The standard InChI is InChI=1S/C27H23N3O4/c1-15-8-11-19-20(13-15)29-27(28-19)30-23(21-7-4-12-34-21)22(25(32)26(30)33)24(31)18-10-9-16-5-2-3-6-17(16)14-18/h4,7-14,23,31H,2-3,5-6H2,1H3,(H,28,29)/b24-22+. The topological polar surface area (TPSA) is 99.4 Å². The van der Waals surface area contributed by atoms with E-state index in [9.17, 15) is 14.7 Å². The van der Waals surface area contributed by atoms with Crippen molar-refractivity contribution < 1.29 is 19.1 Å². The molecule has 0 spiro atoms. The number of fused-ring (bicyclic) bond motifs is 2. The highest BCUT2D eigenvalue weighted by atomic mass is 16.3. The molecule has 1 unspecified atom stereocenters. The molecule has 2 N–H and O–H groups in total. The lowest BCUT2D eigenvalue weighted by Crippen LogP contribution is -2.30. The second-order valence-corrected chi connectivity index (χ2v) is 8.96. The van der Waals surface area contributed by atoms with Gasteiger partial charge < -0.3 is 14.5 Å². The number of imidazole rings is 1. The van der Waals surface area contributed by atoms with Crippen LogP contribution in [0.5, 0.6) is 0 Å². The average Bonchev–Trinajstić information content (AvgIpc) is 3.57. The molecule has 1 amide bonds. The summed E-state index contributed by atoms with van der Waals surface area (Å²) >= 11 is 0. The molecular weight excluding hydrogens is 430 g/mol. The van der Waals surface area contributed by atoms with Gasteiger partial charge in [0.25, 0.3) is 5.78 Å². The van der Waals surface area contributed by atoms with E-state index in [2.05, 4.69) is 9.97 Å². The van der Waals surface area contributed by atoms with Gasteiger partial charge in [0.15, 0.2) is 0 Å². The maximum Gasteiger partial charge on any atom is 0.302 e. The van der Waals surface area contributed by atoms with Crippen molar-refractivity contribution in [3.05, 3.63) is 88.4 Å². The van der Waals surface area contributed by atoms with Crippen molar-refractivity contribution in [2.45, 2.75) is 38.6 Å². The molecule has 2 aromatic heterocycles. The summed E-state index contributed by atoms with van der Waals surface area (Å²) in [6, 6.07) is 13.9. The van der Waals surface area contributed by atoms with E-state index in [4.69, 9.17) is 4.42 Å². The van der Waals surface area contributed by atoms with Crippen LogP contribution < -0.4 is 4.90 Å². The molecule has 3 heterocycles. The van der Waals surface area contributed by atoms with Gasteiger partial charge in [-0.3, -0.25) is 14.5 Å². The Morgan fingerprint density at radius 2 is 1.91 bits per heavy atom. The zero-order valence-corrected chi connectivity index (χ0v) is 18.7. The van der Waals surface area contributed by atoms with E-state index in [1.54, 1.807) is 12.1 Å². The Hall–Kier alpha value is -4.13. The third kappa shape index (κ3) is 3.15. The summed E-state index contributed by atoms with van der Waals surface area (Å²) in [4.78, 5) is 35.5. The predicted molar refractivity (Wildman–Crippen MR) is 127 cm³/mol. The highest BCUT2D eigenvalue weighted by molar-refractivity contribution is 6.51. The third-order valence-electron chi connectivity index (χ3n) is 6.73. The quantitative estimate of drug-likeness (QED) is 0.259. The number of Topliss-reactive ketones (excluding diaryl/α,β-unsaturated/α-hetero) is 1. The number of H-pyrrole nitrogens is 1. The van der Waals surface area contributed by atoms with Crippen molar-refractivity contribution in [1.29, 1.82) is 0 Å². The lowest BCUT2D eigenvalue weighted by Gasteiger charge is -2.21. The van der Waals surface area contributed by atoms with E-state index in [0.29, 0.717) is 16.8 Å². The van der Waals surface area contributed by atoms with Crippen molar-refractivity contribution in [3.8, 4) is 0 Å². The van der Waals surface area contributed by atoms with E-state index in [0.717, 1.165) is 36.8 Å². The number of aromatic nitrogens is 2. The Morgan fingerprint density at radius 1 is 1.09 bits per heavy atom. The normalized spacial score (nSPS) is 19.7. The predicted octanol–water partition coefficient (Wildman–Crippen LogP) is 4.97. The maximum absolute atomic E-state index is 13.3. The second kappa shape index (κ2) is 7.73. The molecule has 1 fully saturated rings. The van der Waals surface area contributed by atoms with E-state index in [-0.39, 0.29) is 17.3 Å². The number of benzene rings is 2. The minimum atomic E-state index is -0.937. The van der Waals surface area contributed by atoms with Crippen molar-refractivity contribution in [1.82, 2.24) is 9.97 Å². The van der Waals surface area contributed by atoms with Crippen LogP contribution in [0.25, 0.3) is 16.8 Å². The molecule has 170 valence electrons. The first-order valence-corrected chi connectivity index (χ1v) is 11.4. The number of nitrogens with one attached hydrogen (secondary N) is 1. The van der Waals surface area contributed by atoms with Gasteiger partial charge in [-0.05, 0) is 79.6 Å². The minimum Gasteiger partial charge on any atom is -0.507 e. The molecule has 2 aromatic carbocycles. The Balaban J connectivity index is 1.52. The average molecular weight is 453 g/mol. The lowest BCUT2D eigenvalue weighted by atomic mass is 9.89. The SMILES string of the molecule is Cc1ccc2nc(N3C(=O)C(=O)/C(=C(/O)c4ccc5c(c4)CCCC5)C3c3ccco3)[nH]c2c1. The number of furan rings is 1. The van der Waals surface area contributed by atoms with Crippen LogP contribution in [0.2, 0.25) is 0 Å². The van der Waals surface area contributed by atoms with Crippen molar-refractivity contribution in [2.75, 3.05) is 4.90 Å². The number of amides is 1. The number of aliphatic hydroxyl groups excluding tert-OH is 1. The summed E-state index contributed by atoms with van der Waals surface area (Å²) in [5.41, 5.74) is 5.43. The Kier molecular flexibility index (Phi) is 4.65. The van der Waals surface area contributed by atoms with Crippen LogP contribution in [0.3, 0.4) is 0 Å². The summed E-state index contributed by atoms with van der Waals surface area (Å²) in [6.45, 7) is 1.97. The van der Waals surface area contributed by atoms with Gasteiger partial charge in [0.1, 0.15) is 17.6 Å². The summed E-state index contributed by atoms with van der Waals surface area (Å²) in [5.74, 6) is -1.14. The van der Waals surface area contributed by atoms with Crippen LogP contribution in [-0.4, -0.2) is 26.8 Å². The highest BCUT2D eigenvalue weighted by Gasteiger charge is 2.49. The van der Waals surface area contributed by atoms with Gasteiger partial charge in [-0.1, -0.05) is 18.2 Å². The van der Waals surface area contributed by atoms with E-state index in [1.807, 2.05) is 43.3 Å². The Morgan fingerprint density at radius 3 is 2.71 bits per heavy atom. The fourth-order valence-corrected chi connectivity index (χ4v) is 5.03. The second-order valence-electron chi connectivity index (χ2n) is 8.96. The lowest BCUT2D eigenvalue weighted by molar-refractivity contribution is -0.132. The van der Waals surface area contributed by atoms with Crippen LogP contribution >= 0.6 is 0 Å². The van der Waals surface area contributed by atoms with Gasteiger partial charge in [-0.2, -0.15) is 0 Å². The van der Waals surface area contributed by atoms with Crippen LogP contribution in [0.1, 0.15) is 46.9 Å². The molecule has 1 saturated heterocycles. The first kappa shape index (κ1) is 20.5. The number of anilines is 1. The first-order valence-electron chi connectivity index (χ1n) is 11.4. The molecule has 1 aliphatic carbocycles. The zero-order chi connectivity index (χ0) is 23.4. The molecule has 4 aromatic rings. The Labute approximate surface area is 195 Å². The number of carbonyl (C=O) groups is 2. The monoisotopic (exact) mass is 453 g/mol. The molecule has 0 bridgehead atoms. The molecule has 6 rings (SSSR count). The summed E-state index contributed by atoms with van der Waals surface area (Å²) in [6.07, 6.45) is 5.68. The number of aryl methyl sites for hydroxylation is 3. The summed E-state index contributed by atoms with van der Waals surface area (Å²) < 4.78 is 5.63. The van der Waals surface area contributed by atoms with Gasteiger partial charge in [0.2, 0.25) is 5.95 Å². The number of hydrogen-bond donors (Lipinski definition) is 2. The number of rotatable bonds is 3. The molecule has 1 atom stereocenters. The third-order valence-corrected chi connectivity index (χ3v) is 6.73. The fraction of sp³-hybridized carbons (Fsp3) is 0.222. The number of ketones is 1. The zero-order valence-electron chi connectivity index (χ0n) is 18.7. The molecule has 34 heavy (non-hydrogen) atoms.